The average Bonchev–Trinajstić information content (AvgIpc) is 2.98. The third kappa shape index (κ3) is 3.22. The number of hydrogen-bond donors (Lipinski definition) is 2. The molecular weight excluding hydrogens is 412 g/mol. The molecule has 2 fully saturated rings. The zero-order valence-corrected chi connectivity index (χ0v) is 18.6. The fraction of sp³-hybridized carbons (Fsp3) is 0.417. The highest BCUT2D eigenvalue weighted by Crippen LogP contribution is 2.47. The third-order valence-corrected chi connectivity index (χ3v) is 6.77. The molecule has 0 bridgehead atoms. The topological polar surface area (TPSA) is 99.5 Å². The second kappa shape index (κ2) is 7.21. The van der Waals surface area contributed by atoms with Crippen LogP contribution in [0.3, 0.4) is 0 Å². The summed E-state index contributed by atoms with van der Waals surface area (Å²) >= 11 is 0. The van der Waals surface area contributed by atoms with Crippen molar-refractivity contribution in [3.05, 3.63) is 71.8 Å². The quantitative estimate of drug-likeness (QED) is 0.741. The molecule has 2 saturated heterocycles. The number of carbonyl (C=O) groups is 2. The van der Waals surface area contributed by atoms with Gasteiger partial charge in [0.05, 0.1) is 0 Å². The molecule has 2 amide bonds. The van der Waals surface area contributed by atoms with E-state index in [0.29, 0.717) is 0 Å². The fourth-order valence-corrected chi connectivity index (χ4v) is 4.40. The van der Waals surface area contributed by atoms with E-state index in [1.807, 2.05) is 60.7 Å². The van der Waals surface area contributed by atoms with E-state index in [0.717, 1.165) is 21.1 Å². The molecule has 0 spiro atoms. The van der Waals surface area contributed by atoms with Crippen molar-refractivity contribution < 1.29 is 29.3 Å². The van der Waals surface area contributed by atoms with E-state index in [9.17, 15) is 19.8 Å². The lowest BCUT2D eigenvalue weighted by Gasteiger charge is -2.44. The number of amides is 2. The Hall–Kier alpha value is -3.10. The first kappa shape index (κ1) is 22.1. The highest BCUT2D eigenvalue weighted by Gasteiger charge is 2.70. The zero-order valence-electron chi connectivity index (χ0n) is 18.6. The van der Waals surface area contributed by atoms with E-state index >= 15 is 0 Å². The van der Waals surface area contributed by atoms with Crippen LogP contribution in [0.4, 0.5) is 9.59 Å². The maximum atomic E-state index is 13.0. The molecule has 0 saturated carbocycles. The van der Waals surface area contributed by atoms with Gasteiger partial charge in [-0.25, -0.2) is 9.59 Å². The van der Waals surface area contributed by atoms with Crippen molar-refractivity contribution >= 4 is 12.2 Å². The van der Waals surface area contributed by atoms with E-state index in [-0.39, 0.29) is 12.8 Å². The largest absolute Gasteiger partial charge is 0.436 e. The Morgan fingerprint density at radius 1 is 0.656 bits per heavy atom. The second-order valence-corrected chi connectivity index (χ2v) is 9.19. The molecule has 0 aromatic heterocycles. The Labute approximate surface area is 186 Å². The summed E-state index contributed by atoms with van der Waals surface area (Å²) in [6.45, 7) is 5.96. The Bertz CT molecular complexity index is 942. The molecule has 2 aliphatic heterocycles. The Morgan fingerprint density at radius 2 is 0.969 bits per heavy atom. The van der Waals surface area contributed by atoms with Crippen molar-refractivity contribution in [3.8, 4) is 0 Å². The summed E-state index contributed by atoms with van der Waals surface area (Å²) in [4.78, 5) is 25.9. The summed E-state index contributed by atoms with van der Waals surface area (Å²) in [7, 11) is 0. The van der Waals surface area contributed by atoms with Crippen molar-refractivity contribution in [2.45, 2.75) is 63.2 Å². The van der Waals surface area contributed by atoms with Crippen molar-refractivity contribution in [1.82, 2.24) is 10.0 Å². The van der Waals surface area contributed by atoms with Crippen LogP contribution in [0.15, 0.2) is 60.7 Å². The number of carbonyl (C=O) groups excluding carboxylic acids is 2. The molecule has 2 N–H and O–H groups in total. The minimum Gasteiger partial charge on any atom is -0.436 e. The molecule has 8 heteroatoms. The summed E-state index contributed by atoms with van der Waals surface area (Å²) in [5.74, 6) is 0. The lowest BCUT2D eigenvalue weighted by molar-refractivity contribution is -0.245. The maximum Gasteiger partial charge on any atom is 0.432 e. The SMILES string of the molecule is C[C@]1(Cc2ccccc2)OC(=O)N(N2C(=O)O[C@](C)(Cc3ccccc3)[C@]2(C)O)[C@@]1(C)O. The molecule has 2 aliphatic rings. The molecule has 170 valence electrons. The number of hydrazine groups is 1. The predicted molar refractivity (Wildman–Crippen MR) is 115 cm³/mol. The molecule has 2 heterocycles. The Kier molecular flexibility index (Phi) is 4.98. The molecule has 0 radical (unpaired) electrons. The van der Waals surface area contributed by atoms with Crippen LogP contribution in [-0.2, 0) is 22.3 Å². The van der Waals surface area contributed by atoms with Gasteiger partial charge in [-0.1, -0.05) is 60.7 Å². The Morgan fingerprint density at radius 3 is 1.28 bits per heavy atom. The molecule has 8 nitrogen and oxygen atoms in total. The standard InChI is InChI=1S/C24H28N2O6/c1-21(15-17-11-7-5-8-12-17)23(3,29)25(19(27)31-21)26-20(28)32-22(2,24(26,4)30)16-18-13-9-6-10-14-18/h5-14,29-30H,15-16H2,1-4H3/t21-,22-,23+,24+/m1/s1. The predicted octanol–water partition coefficient (Wildman–Crippen LogP) is 3.23. The first-order valence-corrected chi connectivity index (χ1v) is 10.5. The van der Waals surface area contributed by atoms with E-state index in [4.69, 9.17) is 9.47 Å². The molecule has 2 aromatic carbocycles. The van der Waals surface area contributed by atoms with Gasteiger partial charge in [-0.05, 0) is 38.8 Å². The summed E-state index contributed by atoms with van der Waals surface area (Å²) in [6.07, 6.45) is -1.49. The van der Waals surface area contributed by atoms with Gasteiger partial charge in [0, 0.05) is 12.8 Å². The Balaban J connectivity index is 1.67. The third-order valence-electron chi connectivity index (χ3n) is 6.77. The van der Waals surface area contributed by atoms with Crippen LogP contribution in [0, 0.1) is 0 Å². The number of hydrogen-bond acceptors (Lipinski definition) is 6. The van der Waals surface area contributed by atoms with E-state index < -0.39 is 34.8 Å². The van der Waals surface area contributed by atoms with Gasteiger partial charge in [0.25, 0.3) is 0 Å². The van der Waals surface area contributed by atoms with Gasteiger partial charge >= 0.3 is 12.2 Å². The minimum absolute atomic E-state index is 0.204. The average molecular weight is 440 g/mol. The second-order valence-electron chi connectivity index (χ2n) is 9.19. The molecule has 4 rings (SSSR count). The van der Waals surface area contributed by atoms with Gasteiger partial charge < -0.3 is 19.7 Å². The zero-order chi connectivity index (χ0) is 23.4. The van der Waals surface area contributed by atoms with Crippen LogP contribution in [0.25, 0.3) is 0 Å². The van der Waals surface area contributed by atoms with Gasteiger partial charge in [-0.2, -0.15) is 10.0 Å². The van der Waals surface area contributed by atoms with Gasteiger partial charge in [0.2, 0.25) is 11.4 Å². The van der Waals surface area contributed by atoms with Gasteiger partial charge in [0.1, 0.15) is 0 Å². The molecule has 0 aliphatic carbocycles. The first-order chi connectivity index (χ1) is 14.9. The molecule has 0 unspecified atom stereocenters. The van der Waals surface area contributed by atoms with E-state index in [1.165, 1.54) is 13.8 Å². The van der Waals surface area contributed by atoms with Gasteiger partial charge in [0.15, 0.2) is 11.2 Å². The number of ether oxygens (including phenoxy) is 2. The van der Waals surface area contributed by atoms with Gasteiger partial charge in [-0.15, -0.1) is 0 Å². The van der Waals surface area contributed by atoms with Crippen molar-refractivity contribution in [2.24, 2.45) is 0 Å². The van der Waals surface area contributed by atoms with Gasteiger partial charge in [-0.3, -0.25) is 0 Å². The maximum absolute atomic E-state index is 13.0. The summed E-state index contributed by atoms with van der Waals surface area (Å²) < 4.78 is 11.2. The first-order valence-electron chi connectivity index (χ1n) is 10.5. The van der Waals surface area contributed by atoms with Crippen LogP contribution in [0.2, 0.25) is 0 Å². The molecule has 32 heavy (non-hydrogen) atoms. The van der Waals surface area contributed by atoms with Crippen molar-refractivity contribution in [3.63, 3.8) is 0 Å². The van der Waals surface area contributed by atoms with E-state index in [2.05, 4.69) is 0 Å². The van der Waals surface area contributed by atoms with Crippen LogP contribution in [0.1, 0.15) is 38.8 Å². The highest BCUT2D eigenvalue weighted by atomic mass is 16.7. The highest BCUT2D eigenvalue weighted by molar-refractivity contribution is 5.79. The molecule has 4 atom stereocenters. The normalized spacial score (nSPS) is 34.6. The number of aliphatic hydroxyl groups is 2. The number of benzene rings is 2. The smallest absolute Gasteiger partial charge is 0.432 e. The summed E-state index contributed by atoms with van der Waals surface area (Å²) in [6, 6.07) is 18.5. The number of rotatable bonds is 5. The van der Waals surface area contributed by atoms with E-state index in [1.54, 1.807) is 13.8 Å². The summed E-state index contributed by atoms with van der Waals surface area (Å²) in [5.41, 5.74) is -5.01. The lowest BCUT2D eigenvalue weighted by atomic mass is 9.86. The lowest BCUT2D eigenvalue weighted by Crippen LogP contribution is -2.68. The van der Waals surface area contributed by atoms with Crippen LogP contribution >= 0.6 is 0 Å². The van der Waals surface area contributed by atoms with Crippen molar-refractivity contribution in [2.75, 3.05) is 0 Å². The summed E-state index contributed by atoms with van der Waals surface area (Å²) in [5, 5.41) is 24.5. The fourth-order valence-electron chi connectivity index (χ4n) is 4.40. The number of cyclic esters (lactones) is 2. The minimum atomic E-state index is -1.96. The van der Waals surface area contributed by atoms with Crippen LogP contribution in [-0.4, -0.2) is 55.1 Å². The van der Waals surface area contributed by atoms with Crippen LogP contribution < -0.4 is 0 Å². The van der Waals surface area contributed by atoms with Crippen molar-refractivity contribution in [1.29, 1.82) is 0 Å². The van der Waals surface area contributed by atoms with Crippen LogP contribution in [0.5, 0.6) is 0 Å². The monoisotopic (exact) mass is 440 g/mol. The number of nitrogens with zero attached hydrogens (tertiary/aromatic N) is 2. The molecular formula is C24H28N2O6. The molecule has 2 aromatic rings.